The lowest BCUT2D eigenvalue weighted by Gasteiger charge is -2.39. The van der Waals surface area contributed by atoms with Crippen LogP contribution in [-0.4, -0.2) is 59.2 Å². The van der Waals surface area contributed by atoms with Crippen LogP contribution in [0.1, 0.15) is 16.2 Å². The zero-order valence-electron chi connectivity index (χ0n) is 17.2. The minimum atomic E-state index is -1.43. The van der Waals surface area contributed by atoms with Crippen LogP contribution in [0.2, 0.25) is 0 Å². The van der Waals surface area contributed by atoms with Gasteiger partial charge in [0.15, 0.2) is 22.4 Å². The third-order valence-electron chi connectivity index (χ3n) is 5.54. The van der Waals surface area contributed by atoms with Gasteiger partial charge in [0.25, 0.3) is 0 Å². The summed E-state index contributed by atoms with van der Waals surface area (Å²) in [6.07, 6.45) is 4.17. The van der Waals surface area contributed by atoms with Crippen molar-refractivity contribution in [1.82, 2.24) is 29.3 Å². The molecule has 1 N–H and O–H groups in total. The zero-order chi connectivity index (χ0) is 23.3. The summed E-state index contributed by atoms with van der Waals surface area (Å²) < 4.78 is 17.8. The fourth-order valence-corrected chi connectivity index (χ4v) is 4.32. The highest BCUT2D eigenvalue weighted by atomic mass is 32.1. The normalized spacial score (nSPS) is 13.9. The lowest BCUT2D eigenvalue weighted by atomic mass is 9.93. The van der Waals surface area contributed by atoms with Gasteiger partial charge < -0.3 is 10.0 Å². The molecule has 0 unspecified atom stereocenters. The lowest BCUT2D eigenvalue weighted by Crippen LogP contribution is -2.51. The molecule has 0 aliphatic carbocycles. The van der Waals surface area contributed by atoms with Crippen LogP contribution in [0.5, 0.6) is 0 Å². The van der Waals surface area contributed by atoms with Crippen LogP contribution in [0.3, 0.4) is 0 Å². The number of hydrogen-bond acceptors (Lipinski definition) is 9. The number of halogens is 1. The van der Waals surface area contributed by atoms with Crippen LogP contribution in [-0.2, 0) is 18.3 Å². The number of carboxylic acid groups (broad SMARTS) is 1. The van der Waals surface area contributed by atoms with E-state index in [9.17, 15) is 23.9 Å². The van der Waals surface area contributed by atoms with Gasteiger partial charge in [0.2, 0.25) is 5.43 Å². The maximum Gasteiger partial charge on any atom is 0.341 e. The minimum Gasteiger partial charge on any atom is -0.477 e. The number of rotatable bonds is 6. The third kappa shape index (κ3) is 3.55. The van der Waals surface area contributed by atoms with Crippen LogP contribution in [0.25, 0.3) is 16.2 Å². The van der Waals surface area contributed by atoms with Gasteiger partial charge in [-0.1, -0.05) is 0 Å². The molecule has 1 aliphatic rings. The third-order valence-corrected chi connectivity index (χ3v) is 6.31. The van der Waals surface area contributed by atoms with Crippen molar-refractivity contribution in [3.05, 3.63) is 57.6 Å². The first-order chi connectivity index (χ1) is 15.8. The maximum atomic E-state index is 14.9. The number of fused-ring (bicyclic) bond motifs is 1. The Kier molecular flexibility index (Phi) is 4.96. The van der Waals surface area contributed by atoms with Crippen molar-refractivity contribution in [2.45, 2.75) is 6.42 Å². The van der Waals surface area contributed by atoms with E-state index in [1.54, 1.807) is 17.3 Å². The molecule has 0 aromatic carbocycles. The average Bonchev–Trinajstić information content (AvgIpc) is 3.40. The minimum absolute atomic E-state index is 0.0158. The second kappa shape index (κ2) is 7.85. The number of Topliss-reactive ketones (excluding diaryl/α,β-unsaturated/α-hetero) is 1. The molecule has 0 atom stereocenters. The van der Waals surface area contributed by atoms with E-state index in [0.29, 0.717) is 11.0 Å². The molecular weight excluding hydrogens is 453 g/mol. The molecule has 11 nitrogen and oxygen atoms in total. The molecule has 4 aromatic rings. The number of hydrogen-bond donors (Lipinski definition) is 1. The van der Waals surface area contributed by atoms with Gasteiger partial charge in [-0.25, -0.2) is 24.1 Å². The number of aromatic carboxylic acids is 1. The highest BCUT2D eigenvalue weighted by molar-refractivity contribution is 7.12. The van der Waals surface area contributed by atoms with Gasteiger partial charge in [0.1, 0.15) is 23.5 Å². The van der Waals surface area contributed by atoms with Gasteiger partial charge in [0.05, 0.1) is 17.7 Å². The Labute approximate surface area is 188 Å². The number of aryl methyl sites for hydroxylation is 1. The summed E-state index contributed by atoms with van der Waals surface area (Å²) in [6, 6.07) is 0.991. The Morgan fingerprint density at radius 3 is 2.73 bits per heavy atom. The van der Waals surface area contributed by atoms with Gasteiger partial charge in [-0.15, -0.1) is 11.3 Å². The van der Waals surface area contributed by atoms with Crippen LogP contribution in [0.15, 0.2) is 35.0 Å². The number of ketones is 1. The van der Waals surface area contributed by atoms with Crippen molar-refractivity contribution < 1.29 is 19.1 Å². The van der Waals surface area contributed by atoms with E-state index in [1.165, 1.54) is 33.1 Å². The smallest absolute Gasteiger partial charge is 0.341 e. The second-order valence-electron chi connectivity index (χ2n) is 7.57. The highest BCUT2D eigenvalue weighted by Crippen LogP contribution is 2.29. The number of pyridine rings is 2. The molecule has 1 fully saturated rings. The Morgan fingerprint density at radius 1 is 1.30 bits per heavy atom. The topological polar surface area (TPSA) is 136 Å². The first-order valence-corrected chi connectivity index (χ1v) is 10.7. The first-order valence-electron chi connectivity index (χ1n) is 9.83. The molecule has 0 bridgehead atoms. The molecule has 168 valence electrons. The highest BCUT2D eigenvalue weighted by Gasteiger charge is 2.35. The standard InChI is InChI=1S/C20H16FN7O4S/c1-26-15(23-9-24-26)5-14(29)10-6-27(7-10)18-13(21)4-11-16(30)12(19(31)32)8-28(17(11)25-18)20-22-2-3-33-20/h2-4,8-10H,5-7H2,1H3,(H,31,32). The molecule has 0 saturated carbocycles. The summed E-state index contributed by atoms with van der Waals surface area (Å²) in [7, 11) is 1.70. The van der Waals surface area contributed by atoms with E-state index in [1.807, 2.05) is 0 Å². The van der Waals surface area contributed by atoms with Crippen LogP contribution >= 0.6 is 11.3 Å². The molecule has 33 heavy (non-hydrogen) atoms. The number of carbonyl (C=O) groups is 2. The fraction of sp³-hybridized carbons (Fsp3) is 0.250. The first kappa shape index (κ1) is 20.9. The van der Waals surface area contributed by atoms with E-state index in [2.05, 4.69) is 20.1 Å². The number of anilines is 1. The number of aromatic nitrogens is 6. The Balaban J connectivity index is 1.48. The summed E-state index contributed by atoms with van der Waals surface area (Å²) >= 11 is 1.21. The van der Waals surface area contributed by atoms with Gasteiger partial charge >= 0.3 is 5.97 Å². The van der Waals surface area contributed by atoms with Gasteiger partial charge in [-0.05, 0) is 6.07 Å². The SMILES string of the molecule is Cn1ncnc1CC(=O)C1CN(c2nc3c(cc2F)c(=O)c(C(=O)O)cn3-c2nccs2)C1. The number of carboxylic acids is 1. The largest absolute Gasteiger partial charge is 0.477 e. The molecule has 13 heteroatoms. The molecule has 5 rings (SSSR count). The van der Waals surface area contributed by atoms with Crippen LogP contribution in [0.4, 0.5) is 10.2 Å². The Bertz CT molecular complexity index is 1460. The van der Waals surface area contributed by atoms with E-state index in [4.69, 9.17) is 0 Å². The zero-order valence-corrected chi connectivity index (χ0v) is 18.0. The predicted molar refractivity (Wildman–Crippen MR) is 115 cm³/mol. The molecular formula is C20H16FN7O4S. The second-order valence-corrected chi connectivity index (χ2v) is 8.44. The van der Waals surface area contributed by atoms with Crippen molar-refractivity contribution >= 4 is 39.9 Å². The van der Waals surface area contributed by atoms with Crippen molar-refractivity contribution in [2.75, 3.05) is 18.0 Å². The molecule has 0 radical (unpaired) electrons. The van der Waals surface area contributed by atoms with Crippen molar-refractivity contribution in [3.8, 4) is 5.13 Å². The molecule has 4 aromatic heterocycles. The average molecular weight is 469 g/mol. The predicted octanol–water partition coefficient (Wildman–Crippen LogP) is 1.06. The maximum absolute atomic E-state index is 14.9. The fourth-order valence-electron chi connectivity index (χ4n) is 3.70. The van der Waals surface area contributed by atoms with Crippen molar-refractivity contribution in [2.24, 2.45) is 13.0 Å². The monoisotopic (exact) mass is 469 g/mol. The van der Waals surface area contributed by atoms with Crippen molar-refractivity contribution in [1.29, 1.82) is 0 Å². The summed E-state index contributed by atoms with van der Waals surface area (Å²) in [5.74, 6) is -2.01. The summed E-state index contributed by atoms with van der Waals surface area (Å²) in [4.78, 5) is 50.9. The van der Waals surface area contributed by atoms with E-state index < -0.39 is 22.8 Å². The van der Waals surface area contributed by atoms with Crippen molar-refractivity contribution in [3.63, 3.8) is 0 Å². The summed E-state index contributed by atoms with van der Waals surface area (Å²) in [5.41, 5.74) is -1.25. The Morgan fingerprint density at radius 2 is 2.09 bits per heavy atom. The van der Waals surface area contributed by atoms with Gasteiger partial charge in [-0.3, -0.25) is 18.8 Å². The number of carbonyl (C=O) groups excluding carboxylic acids is 1. The van der Waals surface area contributed by atoms with E-state index in [0.717, 1.165) is 12.3 Å². The van der Waals surface area contributed by atoms with Gasteiger partial charge in [0, 0.05) is 37.9 Å². The lowest BCUT2D eigenvalue weighted by molar-refractivity contribution is -0.123. The number of thiazole rings is 1. The van der Waals surface area contributed by atoms with Crippen LogP contribution < -0.4 is 10.3 Å². The van der Waals surface area contributed by atoms with Gasteiger partial charge in [-0.2, -0.15) is 5.10 Å². The molecule has 1 aliphatic heterocycles. The van der Waals surface area contributed by atoms with E-state index in [-0.39, 0.29) is 48.1 Å². The molecule has 5 heterocycles. The molecule has 0 amide bonds. The summed E-state index contributed by atoms with van der Waals surface area (Å²) in [5, 5.41) is 15.3. The summed E-state index contributed by atoms with van der Waals surface area (Å²) in [6.45, 7) is 0.529. The van der Waals surface area contributed by atoms with E-state index >= 15 is 0 Å². The number of nitrogens with zero attached hydrogens (tertiary/aromatic N) is 7. The molecule has 1 saturated heterocycles. The van der Waals surface area contributed by atoms with Crippen LogP contribution in [0, 0.1) is 11.7 Å². The molecule has 0 spiro atoms. The quantitative estimate of drug-likeness (QED) is 0.439. The Hall–Kier alpha value is -4.00.